The molecule has 24 rings (SSSR count). The number of fused-ring (bicyclic) bond motifs is 6. The summed E-state index contributed by atoms with van der Waals surface area (Å²) in [7, 11) is 0. The van der Waals surface area contributed by atoms with Crippen molar-refractivity contribution in [2.75, 3.05) is 78.5 Å². The average molecular weight is 2110 g/mol. The third-order valence-electron chi connectivity index (χ3n) is 28.1. The number of carbonyl (C=O) groups excluding carboxylic acids is 5. The number of likely N-dealkylation sites (tertiary alicyclic amines) is 6. The molecule has 768 valence electrons. The van der Waals surface area contributed by atoms with Gasteiger partial charge in [0.15, 0.2) is 11.6 Å². The van der Waals surface area contributed by atoms with Crippen LogP contribution in [0, 0.1) is 18.8 Å². The Hall–Kier alpha value is -15.1. The number of nitrogens with one attached hydrogen (secondary N) is 1. The Kier molecular flexibility index (Phi) is 32.0. The third-order valence-corrected chi connectivity index (χ3v) is 29.4. The van der Waals surface area contributed by atoms with Gasteiger partial charge in [-0.2, -0.15) is 5.10 Å². The SMILES string of the molecule is C=C(c1ccc2c(c1)ncn2-c1cccc(Cl)c1)N1CC(Cl)C1.CC1(F)CCN(C(=O)c2ccc3c(c2)ncn3-c2cccc(Cl)c2)CC1.CC1CCN(C(=O)c2cnc3c(ccn3-c3cnccn3)c2)CC1.Cc1cncc(-n2cc(Cl)c3cc(C(=O)N4CCC(C)CC4)cnc32)n1.O=C(O)CCc1nc2cc(C(=O)N3CCCCC3)ccc2n1-c1cccc(Cl)c1.O=C(c1cnc2c(ccn2-c2cn[nH]c2)c1)N1CCCCC1. The van der Waals surface area contributed by atoms with Gasteiger partial charge in [0.2, 0.25) is 0 Å². The van der Waals surface area contributed by atoms with E-state index < -0.39 is 11.6 Å². The molecule has 6 fully saturated rings. The molecule has 0 aliphatic carbocycles. The van der Waals surface area contributed by atoms with Crippen LogP contribution in [0.3, 0.4) is 0 Å². The van der Waals surface area contributed by atoms with Crippen molar-refractivity contribution in [2.45, 2.75) is 129 Å². The average Bonchev–Trinajstić information content (AvgIpc) is 1.62. The summed E-state index contributed by atoms with van der Waals surface area (Å²) in [5, 5.41) is 21.2. The van der Waals surface area contributed by atoms with Gasteiger partial charge in [-0.1, -0.05) is 91.1 Å². The molecule has 2 N–H and O–H groups in total. The maximum absolute atomic E-state index is 14.0. The highest BCUT2D eigenvalue weighted by Crippen LogP contribution is 2.36. The van der Waals surface area contributed by atoms with Crippen molar-refractivity contribution in [3.63, 3.8) is 0 Å². The van der Waals surface area contributed by atoms with Crippen LogP contribution in [0.5, 0.6) is 0 Å². The van der Waals surface area contributed by atoms with Gasteiger partial charge in [0.25, 0.3) is 29.5 Å². The molecule has 6 saturated heterocycles. The van der Waals surface area contributed by atoms with Gasteiger partial charge >= 0.3 is 5.97 Å². The summed E-state index contributed by atoms with van der Waals surface area (Å²) in [6.45, 7) is 21.3. The fraction of sp³-hybridized carbons (Fsp3) is 0.301. The number of carboxylic acids is 1. The number of amides is 5. The van der Waals surface area contributed by atoms with E-state index in [1.54, 1.807) is 109 Å². The summed E-state index contributed by atoms with van der Waals surface area (Å²) >= 11 is 30.8. The van der Waals surface area contributed by atoms with Gasteiger partial charge in [-0.15, -0.1) is 11.6 Å². The summed E-state index contributed by atoms with van der Waals surface area (Å²) in [4.78, 5) is 130. The number of imidazole rings is 3. The summed E-state index contributed by atoms with van der Waals surface area (Å²) in [6.07, 6.45) is 37.9. The van der Waals surface area contributed by atoms with Crippen molar-refractivity contribution < 1.29 is 38.3 Å². The van der Waals surface area contributed by atoms with Crippen molar-refractivity contribution in [1.82, 2.24) is 117 Å². The lowest BCUT2D eigenvalue weighted by Crippen LogP contribution is -2.45. The van der Waals surface area contributed by atoms with Crippen molar-refractivity contribution in [3.8, 4) is 34.4 Å². The van der Waals surface area contributed by atoms with Gasteiger partial charge in [-0.25, -0.2) is 44.3 Å². The number of rotatable bonds is 16. The number of benzene rings is 6. The van der Waals surface area contributed by atoms with E-state index in [4.69, 9.17) is 63.1 Å². The summed E-state index contributed by atoms with van der Waals surface area (Å²) in [5.74, 6) is 2.63. The zero-order valence-electron chi connectivity index (χ0n) is 83.4. The molecule has 0 unspecified atom stereocenters. The quantitative estimate of drug-likeness (QED) is 0.0849. The number of aromatic nitrogens is 18. The minimum Gasteiger partial charge on any atom is -0.481 e. The maximum atomic E-state index is 14.0. The molecule has 6 aliphatic heterocycles. The molecule has 12 aromatic heterocycles. The molecule has 0 bridgehead atoms. The first-order valence-corrected chi connectivity index (χ1v) is 52.4. The van der Waals surface area contributed by atoms with Crippen LogP contribution in [-0.2, 0) is 11.2 Å². The summed E-state index contributed by atoms with van der Waals surface area (Å²) in [6, 6.07) is 49.4. The smallest absolute Gasteiger partial charge is 0.303 e. The molecule has 18 heterocycles. The van der Waals surface area contributed by atoms with E-state index >= 15 is 0 Å². The Morgan fingerprint density at radius 2 is 0.927 bits per heavy atom. The number of H-pyrrole nitrogens is 1. The number of halogens is 6. The van der Waals surface area contributed by atoms with Crippen LogP contribution in [0.1, 0.15) is 173 Å². The van der Waals surface area contributed by atoms with E-state index in [9.17, 15) is 33.2 Å². The number of carboxylic acid groups (broad SMARTS) is 1. The van der Waals surface area contributed by atoms with Crippen LogP contribution in [0.4, 0.5) is 4.39 Å². The van der Waals surface area contributed by atoms with Crippen LogP contribution in [0.2, 0.25) is 20.1 Å². The van der Waals surface area contributed by atoms with Crippen LogP contribution in [0.15, 0.2) is 258 Å². The Labute approximate surface area is 890 Å². The number of carbonyl (C=O) groups is 6. The lowest BCUT2D eigenvalue weighted by molar-refractivity contribution is -0.137. The van der Waals surface area contributed by atoms with Crippen molar-refractivity contribution >= 4 is 165 Å². The van der Waals surface area contributed by atoms with Crippen molar-refractivity contribution in [2.24, 2.45) is 11.8 Å². The largest absolute Gasteiger partial charge is 0.481 e. The first-order valence-electron chi connectivity index (χ1n) is 50.5. The Bertz CT molecular complexity index is 7980. The molecule has 0 spiro atoms. The molecule has 37 heteroatoms. The lowest BCUT2D eigenvalue weighted by atomic mass is 9.95. The highest BCUT2D eigenvalue weighted by Gasteiger charge is 2.34. The number of nitrogens with zero attached hydrogens (tertiary/aromatic N) is 23. The minimum atomic E-state index is -1.17. The van der Waals surface area contributed by atoms with E-state index in [0.29, 0.717) is 114 Å². The van der Waals surface area contributed by atoms with Crippen LogP contribution in [0.25, 0.3) is 106 Å². The predicted molar refractivity (Wildman–Crippen MR) is 583 cm³/mol. The van der Waals surface area contributed by atoms with E-state index in [-0.39, 0.29) is 47.8 Å². The van der Waals surface area contributed by atoms with Gasteiger partial charge in [0, 0.05) is 212 Å². The maximum Gasteiger partial charge on any atom is 0.303 e. The molecule has 0 saturated carbocycles. The number of aromatic amines is 1. The highest BCUT2D eigenvalue weighted by atomic mass is 35.5. The normalized spacial score (nSPS) is 15.5. The number of piperidine rings is 5. The molecule has 0 atom stereocenters. The Balaban J connectivity index is 0.000000113. The van der Waals surface area contributed by atoms with Gasteiger partial charge in [-0.05, 0) is 242 Å². The molecule has 18 aromatic rings. The monoisotopic (exact) mass is 2110 g/mol. The third kappa shape index (κ3) is 23.9. The molecule has 5 amide bonds. The molecular weight excluding hydrogens is 2000 g/mol. The first-order chi connectivity index (χ1) is 72.6. The molecule has 0 radical (unpaired) electrons. The molecule has 31 nitrogen and oxygen atoms in total. The topological polar surface area (TPSA) is 329 Å². The zero-order valence-corrected chi connectivity index (χ0v) is 87.2. The predicted octanol–water partition coefficient (Wildman–Crippen LogP) is 22.2. The second kappa shape index (κ2) is 46.4. The Morgan fingerprint density at radius 1 is 0.447 bits per heavy atom. The number of aliphatic carboxylic acids is 1. The summed E-state index contributed by atoms with van der Waals surface area (Å²) < 4.78 is 25.5. The highest BCUT2D eigenvalue weighted by molar-refractivity contribution is 6.35. The van der Waals surface area contributed by atoms with Gasteiger partial charge in [0.1, 0.15) is 41.1 Å². The van der Waals surface area contributed by atoms with Crippen LogP contribution >= 0.6 is 58.0 Å². The van der Waals surface area contributed by atoms with E-state index in [1.807, 2.05) is 190 Å². The first kappa shape index (κ1) is 103. The fourth-order valence-electron chi connectivity index (χ4n) is 19.5. The van der Waals surface area contributed by atoms with E-state index in [0.717, 1.165) is 212 Å². The summed E-state index contributed by atoms with van der Waals surface area (Å²) in [5.41, 5.74) is 15.8. The van der Waals surface area contributed by atoms with Crippen LogP contribution < -0.4 is 0 Å². The number of aryl methyl sites for hydroxylation is 2. The van der Waals surface area contributed by atoms with Gasteiger partial charge in [0.05, 0.1) is 96.6 Å². The molecule has 6 aromatic carbocycles. The fourth-order valence-corrected chi connectivity index (χ4v) is 20.6. The molecule has 6 aliphatic rings. The number of hydrogen-bond donors (Lipinski definition) is 2. The standard InChI is InChI=1S/C22H22ClN3O3.C20H19ClFN3O.C19H20ClN5O.C18H15Cl2N3.C18H19N5O.C16H17N5O/c23-16-5-4-6-17(14-16)26-19-8-7-15(22(29)25-11-2-1-3-12-25)13-18(19)24-20(26)9-10-21(27)28;1-20(22)7-9-24(10-8-20)19(26)14-5-6-18-17(11-14)23-13-25(18)16-4-2-3-15(21)12-16;1-12-3-5-24(6-4-12)19(26)14-7-15-16(20)11-25(18(15)22-9-14)17-10-21-8-13(2)23-17;1-12(22-9-15(20)10-22)13-5-6-18-17(7-13)21-11-23(18)16-4-2-3-14(19)8-16;1-13-2-7-22(8-3-13)18(24)15-10-14-4-9-23(17(14)21-11-15)16-12-19-5-6-20-16;22-16(20-5-2-1-3-6-20)13-8-12-4-7-21(15(12)17-9-13)14-10-18-19-11-14/h4-8,13-14H,1-3,9-12H2,(H,27,28);2-6,11-13H,7-10H2,1H3;7-12H,3-6H2,1-2H3;2-8,11,15H,1,9-10H2;4-6,9-13H,2-3,7-8H2,1H3;4,7-11H,1-3,5-6H2,(H,18,19). The second-order valence-corrected chi connectivity index (χ2v) is 41.3. The van der Waals surface area contributed by atoms with Gasteiger partial charge in [-0.3, -0.25) is 71.2 Å². The number of pyridine rings is 3. The second-order valence-electron chi connectivity index (χ2n) is 39.0. The number of hydrogen-bond acceptors (Lipinski definition) is 18. The van der Waals surface area contributed by atoms with E-state index in [1.165, 1.54) is 12.8 Å². The lowest BCUT2D eigenvalue weighted by Gasteiger charge is -2.38. The molecular formula is C113H112Cl5FN24O7. The zero-order chi connectivity index (χ0) is 104. The van der Waals surface area contributed by atoms with Crippen LogP contribution in [-0.4, -0.2) is 247 Å². The van der Waals surface area contributed by atoms with E-state index in [2.05, 4.69) is 104 Å². The van der Waals surface area contributed by atoms with Crippen molar-refractivity contribution in [3.05, 3.63) is 323 Å². The Morgan fingerprint density at radius 3 is 1.45 bits per heavy atom. The molecule has 150 heavy (non-hydrogen) atoms. The number of alkyl halides is 2. The van der Waals surface area contributed by atoms with Gasteiger partial charge < -0.3 is 34.5 Å². The van der Waals surface area contributed by atoms with Crippen molar-refractivity contribution in [1.29, 1.82) is 0 Å². The minimum absolute atomic E-state index is 0.0189.